The molecule has 0 atom stereocenters. The lowest BCUT2D eigenvalue weighted by atomic mass is 10.3. The maximum absolute atomic E-state index is 12.9. The van der Waals surface area contributed by atoms with E-state index in [1.165, 1.54) is 11.3 Å². The molecule has 1 aliphatic heterocycles. The van der Waals surface area contributed by atoms with Gasteiger partial charge in [0.05, 0.1) is 5.69 Å². The Labute approximate surface area is 161 Å². The molecule has 0 saturated carbocycles. The fraction of sp³-hybridized carbons (Fsp3) is 0.176. The van der Waals surface area contributed by atoms with Gasteiger partial charge in [-0.1, -0.05) is 23.4 Å². The summed E-state index contributed by atoms with van der Waals surface area (Å²) in [6.45, 7) is 2.62. The zero-order valence-corrected chi connectivity index (χ0v) is 16.7. The minimum absolute atomic E-state index is 0.0450. The predicted octanol–water partition coefficient (Wildman–Crippen LogP) is 3.18. The lowest BCUT2D eigenvalue weighted by Gasteiger charge is -2.12. The van der Waals surface area contributed by atoms with Gasteiger partial charge in [0.2, 0.25) is 0 Å². The first-order valence-corrected chi connectivity index (χ1v) is 10.5. The Morgan fingerprint density at radius 1 is 1.36 bits per heavy atom. The minimum Gasteiger partial charge on any atom is -0.337 e. The first-order valence-electron chi connectivity index (χ1n) is 7.64. The van der Waals surface area contributed by atoms with Crippen molar-refractivity contribution in [1.29, 1.82) is 0 Å². The molecule has 128 valence electrons. The molecule has 1 aliphatic rings. The maximum atomic E-state index is 12.9. The van der Waals surface area contributed by atoms with Gasteiger partial charge < -0.3 is 4.90 Å². The van der Waals surface area contributed by atoms with Gasteiger partial charge in [-0.2, -0.15) is 0 Å². The van der Waals surface area contributed by atoms with Crippen molar-refractivity contribution < 1.29 is 0 Å². The number of halogens is 1. The molecule has 8 heteroatoms. The molecule has 25 heavy (non-hydrogen) atoms. The molecular weight excluding hydrogens is 394 g/mol. The normalized spacial score (nSPS) is 16.6. The van der Waals surface area contributed by atoms with E-state index in [4.69, 9.17) is 11.6 Å². The monoisotopic (exact) mass is 407 g/mol. The number of benzene rings is 1. The molecule has 0 spiro atoms. The molecule has 3 heterocycles. The van der Waals surface area contributed by atoms with E-state index in [1.54, 1.807) is 33.9 Å². The second-order valence-corrected chi connectivity index (χ2v) is 8.84. The summed E-state index contributed by atoms with van der Waals surface area (Å²) >= 11 is 10.8. The van der Waals surface area contributed by atoms with E-state index in [-0.39, 0.29) is 5.56 Å². The van der Waals surface area contributed by atoms with Crippen LogP contribution < -0.4 is 19.7 Å². The fourth-order valence-electron chi connectivity index (χ4n) is 2.71. The van der Waals surface area contributed by atoms with Gasteiger partial charge in [0, 0.05) is 41.2 Å². The van der Waals surface area contributed by atoms with Crippen molar-refractivity contribution in [3.8, 4) is 0 Å². The molecule has 4 nitrogen and oxygen atoms in total. The number of rotatable bonds is 2. The van der Waals surface area contributed by atoms with Gasteiger partial charge in [0.1, 0.15) is 19.2 Å². The van der Waals surface area contributed by atoms with Crippen LogP contribution in [0.3, 0.4) is 0 Å². The molecule has 4 rings (SSSR count). The second-order valence-electron chi connectivity index (χ2n) is 5.41. The molecule has 0 aliphatic carbocycles. The molecule has 0 fully saturated rings. The van der Waals surface area contributed by atoms with Crippen LogP contribution in [0.4, 0.5) is 5.69 Å². The highest BCUT2D eigenvalue weighted by molar-refractivity contribution is 8.08. The van der Waals surface area contributed by atoms with Gasteiger partial charge in [0.15, 0.2) is 0 Å². The summed E-state index contributed by atoms with van der Waals surface area (Å²) in [5.41, 5.74) is 1.12. The van der Waals surface area contributed by atoms with E-state index >= 15 is 0 Å². The van der Waals surface area contributed by atoms with Crippen LogP contribution in [0.5, 0.6) is 0 Å². The number of nitrogens with zero attached hydrogens (tertiary/aromatic N) is 3. The van der Waals surface area contributed by atoms with Crippen LogP contribution in [0.15, 0.2) is 39.5 Å². The Bertz CT molecular complexity index is 1120. The number of thiazole rings is 2. The van der Waals surface area contributed by atoms with E-state index in [9.17, 15) is 4.79 Å². The molecule has 0 N–H and O–H groups in total. The quantitative estimate of drug-likeness (QED) is 0.654. The Hall–Kier alpha value is -1.54. The number of hydrogen-bond donors (Lipinski definition) is 0. The van der Waals surface area contributed by atoms with Crippen LogP contribution in [-0.2, 0) is 6.54 Å². The highest BCUT2D eigenvalue weighted by atomic mass is 35.5. The topological polar surface area (TPSA) is 38.1 Å². The van der Waals surface area contributed by atoms with Crippen LogP contribution in [0.1, 0.15) is 11.9 Å². The largest absolute Gasteiger partial charge is 0.337 e. The van der Waals surface area contributed by atoms with Crippen molar-refractivity contribution >= 4 is 62.8 Å². The van der Waals surface area contributed by atoms with Crippen molar-refractivity contribution in [3.63, 3.8) is 0 Å². The van der Waals surface area contributed by atoms with Gasteiger partial charge in [0.25, 0.3) is 5.56 Å². The third-order valence-corrected chi connectivity index (χ3v) is 7.34. The van der Waals surface area contributed by atoms with Crippen molar-refractivity contribution in [1.82, 2.24) is 9.55 Å². The Morgan fingerprint density at radius 2 is 2.20 bits per heavy atom. The summed E-state index contributed by atoms with van der Waals surface area (Å²) in [5.74, 6) is 0. The van der Waals surface area contributed by atoms with E-state index in [0.717, 1.165) is 29.8 Å². The lowest BCUT2D eigenvalue weighted by Crippen LogP contribution is -2.33. The molecule has 0 bridgehead atoms. The molecule has 3 aromatic rings. The fourth-order valence-corrected chi connectivity index (χ4v) is 6.07. The van der Waals surface area contributed by atoms with Crippen molar-refractivity contribution in [3.05, 3.63) is 59.4 Å². The van der Waals surface area contributed by atoms with E-state index in [2.05, 4.69) is 9.88 Å². The highest BCUT2D eigenvalue weighted by Gasteiger charge is 2.24. The summed E-state index contributed by atoms with van der Waals surface area (Å²) < 4.78 is 3.48. The third kappa shape index (κ3) is 2.95. The molecule has 0 unspecified atom stereocenters. The van der Waals surface area contributed by atoms with Crippen LogP contribution in [-0.4, -0.2) is 16.6 Å². The van der Waals surface area contributed by atoms with E-state index in [1.807, 2.05) is 43.6 Å². The molecule has 1 aromatic carbocycles. The van der Waals surface area contributed by atoms with Crippen LogP contribution >= 0.6 is 46.0 Å². The van der Waals surface area contributed by atoms with Crippen LogP contribution in [0.2, 0.25) is 5.02 Å². The number of thioether (sulfide) groups is 1. The summed E-state index contributed by atoms with van der Waals surface area (Å²) in [4.78, 5) is 20.4. The highest BCUT2D eigenvalue weighted by Crippen LogP contribution is 2.46. The zero-order valence-electron chi connectivity index (χ0n) is 13.5. The number of aromatic nitrogens is 2. The molecule has 2 aromatic heterocycles. The van der Waals surface area contributed by atoms with Gasteiger partial charge in [-0.15, -0.1) is 22.7 Å². The van der Waals surface area contributed by atoms with Crippen LogP contribution in [0, 0.1) is 0 Å². The summed E-state index contributed by atoms with van der Waals surface area (Å²) in [7, 11) is 1.99. The average molecular weight is 408 g/mol. The predicted molar refractivity (Wildman–Crippen MR) is 108 cm³/mol. The molecular formula is C17H14ClN3OS3. The van der Waals surface area contributed by atoms with Crippen molar-refractivity contribution in [2.24, 2.45) is 0 Å². The summed E-state index contributed by atoms with van der Waals surface area (Å²) in [5, 5.41) is 4.50. The average Bonchev–Trinajstić information content (AvgIpc) is 3.27. The van der Waals surface area contributed by atoms with Gasteiger partial charge in [-0.05, 0) is 25.1 Å². The van der Waals surface area contributed by atoms with E-state index < -0.39 is 0 Å². The van der Waals surface area contributed by atoms with Crippen molar-refractivity contribution in [2.75, 3.05) is 11.9 Å². The second kappa shape index (κ2) is 6.64. The van der Waals surface area contributed by atoms with Gasteiger partial charge >= 0.3 is 0 Å². The smallest absolute Gasteiger partial charge is 0.271 e. The molecule has 0 saturated heterocycles. The minimum atomic E-state index is 0.0450. The van der Waals surface area contributed by atoms with Crippen LogP contribution in [0.25, 0.3) is 11.1 Å². The first-order chi connectivity index (χ1) is 12.1. The number of anilines is 1. The Morgan fingerprint density at radius 3 is 2.92 bits per heavy atom. The molecule has 0 radical (unpaired) electrons. The number of hydrogen-bond acceptors (Lipinski definition) is 6. The maximum Gasteiger partial charge on any atom is 0.271 e. The summed E-state index contributed by atoms with van der Waals surface area (Å²) in [6, 6.07) is 5.81. The Kier molecular flexibility index (Phi) is 4.49. The zero-order chi connectivity index (χ0) is 17.6. The first kappa shape index (κ1) is 16.9. The van der Waals surface area contributed by atoms with Gasteiger partial charge in [-0.25, -0.2) is 4.98 Å². The Balaban J connectivity index is 1.94. The standard InChI is InChI=1S/C17H14ClN3OS3/c1-3-21-14(9-13-19-6-7-23-13)25-15(16(21)22)17-20(2)11-5-4-10(18)8-12(11)24-17/h4-9H,3H2,1-2H3/b14-9-,17-15+. The van der Waals surface area contributed by atoms with E-state index in [0.29, 0.717) is 11.6 Å². The SMILES string of the molecule is CCn1c(=O)/c(=C2\Sc3cc(Cl)ccc3N2C)s/c1=C\c1nccs1. The van der Waals surface area contributed by atoms with Gasteiger partial charge in [-0.3, -0.25) is 9.36 Å². The molecule has 0 amide bonds. The summed E-state index contributed by atoms with van der Waals surface area (Å²) in [6.07, 6.45) is 3.75. The number of fused-ring (bicyclic) bond motifs is 1. The van der Waals surface area contributed by atoms with Crippen molar-refractivity contribution in [2.45, 2.75) is 18.4 Å². The lowest BCUT2D eigenvalue weighted by molar-refractivity contribution is 0.722. The third-order valence-electron chi connectivity index (χ3n) is 3.92.